The van der Waals surface area contributed by atoms with Crippen molar-refractivity contribution in [2.24, 2.45) is 5.73 Å². The molecule has 0 saturated heterocycles. The fourth-order valence-corrected chi connectivity index (χ4v) is 0.880. The second-order valence-corrected chi connectivity index (χ2v) is 2.56. The molecule has 0 unspecified atom stereocenters. The summed E-state index contributed by atoms with van der Waals surface area (Å²) in [4.78, 5) is 19.9. The van der Waals surface area contributed by atoms with Crippen LogP contribution in [0.2, 0.25) is 0 Å². The zero-order chi connectivity index (χ0) is 11.7. The smallest absolute Gasteiger partial charge is 0.176 e. The maximum Gasteiger partial charge on any atom is 0.176 e. The van der Waals surface area contributed by atoms with Crippen molar-refractivity contribution in [2.75, 3.05) is 6.54 Å². The quantitative estimate of drug-likeness (QED) is 0.624. The number of hydrogen-bond acceptors (Lipinski definition) is 4. The highest BCUT2D eigenvalue weighted by Crippen LogP contribution is 2.03. The van der Waals surface area contributed by atoms with Crippen molar-refractivity contribution in [2.45, 2.75) is 6.92 Å². The van der Waals surface area contributed by atoms with Crippen LogP contribution in [-0.2, 0) is 4.79 Å². The Balaban J connectivity index is 0. The summed E-state index contributed by atoms with van der Waals surface area (Å²) < 4.78 is 0. The predicted molar refractivity (Wildman–Crippen MR) is 63.5 cm³/mol. The molecule has 5 heteroatoms. The molecule has 2 N–H and O–H groups in total. The number of nitrogens with two attached hydrogens (primary N) is 1. The van der Waals surface area contributed by atoms with Gasteiger partial charge in [0.2, 0.25) is 0 Å². The number of carbonyl (C=O) groups is 2. The lowest BCUT2D eigenvalue weighted by Gasteiger charge is -1.96. The molecular weight excluding hydrogens is 228 g/mol. The van der Waals surface area contributed by atoms with Gasteiger partial charge in [-0.2, -0.15) is 5.26 Å². The highest BCUT2D eigenvalue weighted by atomic mass is 35.5. The van der Waals surface area contributed by atoms with Crippen LogP contribution >= 0.6 is 12.4 Å². The Kier molecular flexibility index (Phi) is 10.3. The summed E-state index contributed by atoms with van der Waals surface area (Å²) in [6, 6.07) is 8.45. The van der Waals surface area contributed by atoms with Gasteiger partial charge in [-0.3, -0.25) is 4.79 Å². The van der Waals surface area contributed by atoms with E-state index in [0.29, 0.717) is 11.1 Å². The second-order valence-electron chi connectivity index (χ2n) is 2.56. The first-order chi connectivity index (χ1) is 7.19. The van der Waals surface area contributed by atoms with Gasteiger partial charge in [0.25, 0.3) is 0 Å². The fraction of sp³-hybridized carbons (Fsp3) is 0.182. The Bertz CT molecular complexity index is 386. The molecule has 0 aliphatic heterocycles. The number of halogens is 1. The number of benzene rings is 1. The first-order valence-corrected chi connectivity index (χ1v) is 4.32. The highest BCUT2D eigenvalue weighted by molar-refractivity contribution is 5.97. The van der Waals surface area contributed by atoms with Gasteiger partial charge < -0.3 is 10.5 Å². The third-order valence-electron chi connectivity index (χ3n) is 1.50. The molecule has 0 fully saturated rings. The Morgan fingerprint density at radius 3 is 2.56 bits per heavy atom. The number of ketones is 1. The lowest BCUT2D eigenvalue weighted by Crippen LogP contribution is -2.13. The van der Waals surface area contributed by atoms with Crippen LogP contribution in [0.25, 0.3) is 0 Å². The van der Waals surface area contributed by atoms with Crippen molar-refractivity contribution in [3.63, 3.8) is 0 Å². The zero-order valence-electron chi connectivity index (χ0n) is 8.84. The summed E-state index contributed by atoms with van der Waals surface area (Å²) in [7, 11) is 0. The molecule has 0 aliphatic rings. The van der Waals surface area contributed by atoms with E-state index < -0.39 is 0 Å². The number of hydrogen-bond donors (Lipinski definition) is 1. The minimum Gasteiger partial charge on any atom is -0.324 e. The average Bonchev–Trinajstić information content (AvgIpc) is 2.29. The second kappa shape index (κ2) is 9.84. The molecule has 16 heavy (non-hydrogen) atoms. The maximum absolute atomic E-state index is 11.0. The van der Waals surface area contributed by atoms with Gasteiger partial charge in [0.15, 0.2) is 5.78 Å². The minimum absolute atomic E-state index is 0. The first-order valence-electron chi connectivity index (χ1n) is 4.32. The molecule has 86 valence electrons. The highest BCUT2D eigenvalue weighted by Gasteiger charge is 2.02. The van der Waals surface area contributed by atoms with Gasteiger partial charge in [0.1, 0.15) is 6.29 Å². The monoisotopic (exact) mass is 240 g/mol. The van der Waals surface area contributed by atoms with E-state index >= 15 is 0 Å². The third kappa shape index (κ3) is 5.91. The Morgan fingerprint density at radius 1 is 1.56 bits per heavy atom. The Hall–Kier alpha value is -1.70. The van der Waals surface area contributed by atoms with E-state index in [4.69, 9.17) is 15.8 Å². The van der Waals surface area contributed by atoms with Crippen LogP contribution in [0.4, 0.5) is 0 Å². The summed E-state index contributed by atoms with van der Waals surface area (Å²) in [5.41, 5.74) is 6.14. The molecule has 0 heterocycles. The topological polar surface area (TPSA) is 84.0 Å². The Labute approximate surface area is 100 Å². The van der Waals surface area contributed by atoms with Gasteiger partial charge >= 0.3 is 0 Å². The van der Waals surface area contributed by atoms with E-state index in [1.807, 2.05) is 6.07 Å². The van der Waals surface area contributed by atoms with Crippen molar-refractivity contribution in [1.29, 1.82) is 5.26 Å². The molecule has 0 aromatic heterocycles. The van der Waals surface area contributed by atoms with Crippen LogP contribution in [0.5, 0.6) is 0 Å². The third-order valence-corrected chi connectivity index (χ3v) is 1.50. The summed E-state index contributed by atoms with van der Waals surface area (Å²) >= 11 is 0. The molecule has 0 atom stereocenters. The normalized spacial score (nSPS) is 7.56. The number of rotatable bonds is 2. The van der Waals surface area contributed by atoms with Gasteiger partial charge in [-0.25, -0.2) is 0 Å². The van der Waals surface area contributed by atoms with E-state index in [1.165, 1.54) is 13.0 Å². The van der Waals surface area contributed by atoms with Crippen molar-refractivity contribution in [1.82, 2.24) is 0 Å². The molecule has 1 aromatic rings. The lowest BCUT2D eigenvalue weighted by atomic mass is 10.1. The summed E-state index contributed by atoms with van der Waals surface area (Å²) in [6.07, 6.45) is 0.750. The number of nitriles is 1. The number of aldehydes is 1. The minimum atomic E-state index is -0.146. The molecule has 1 aromatic carbocycles. The van der Waals surface area contributed by atoms with Crippen LogP contribution in [0.15, 0.2) is 24.3 Å². The van der Waals surface area contributed by atoms with Crippen LogP contribution < -0.4 is 5.73 Å². The summed E-state index contributed by atoms with van der Waals surface area (Å²) in [6.45, 7) is 1.43. The summed E-state index contributed by atoms with van der Waals surface area (Å²) in [5.74, 6) is -0.146. The first kappa shape index (κ1) is 16.7. The van der Waals surface area contributed by atoms with Crippen molar-refractivity contribution in [3.05, 3.63) is 35.4 Å². The van der Waals surface area contributed by atoms with Gasteiger partial charge in [-0.05, 0) is 19.1 Å². The molecular formula is C11H13ClN2O2. The molecule has 0 aliphatic carbocycles. The number of nitrogens with zero attached hydrogens (tertiary/aromatic N) is 1. The molecule has 0 amide bonds. The Morgan fingerprint density at radius 2 is 2.12 bits per heavy atom. The lowest BCUT2D eigenvalue weighted by molar-refractivity contribution is -0.106. The van der Waals surface area contributed by atoms with Crippen molar-refractivity contribution >= 4 is 24.5 Å². The van der Waals surface area contributed by atoms with Crippen LogP contribution in [0.1, 0.15) is 22.8 Å². The molecule has 0 spiro atoms. The van der Waals surface area contributed by atoms with Gasteiger partial charge in [0.05, 0.1) is 18.2 Å². The van der Waals surface area contributed by atoms with Crippen LogP contribution in [-0.4, -0.2) is 18.6 Å². The van der Waals surface area contributed by atoms with Crippen molar-refractivity contribution < 1.29 is 9.59 Å². The fourth-order valence-electron chi connectivity index (χ4n) is 0.880. The summed E-state index contributed by atoms with van der Waals surface area (Å²) in [5, 5.41) is 8.52. The van der Waals surface area contributed by atoms with Gasteiger partial charge in [-0.1, -0.05) is 12.1 Å². The molecule has 1 rings (SSSR count). The number of carbonyl (C=O) groups excluding carboxylic acids is 2. The molecule has 4 nitrogen and oxygen atoms in total. The SMILES string of the molecule is CC=O.Cl.N#Cc1cccc(C(=O)CN)c1. The van der Waals surface area contributed by atoms with Crippen LogP contribution in [0, 0.1) is 11.3 Å². The van der Waals surface area contributed by atoms with Crippen LogP contribution in [0.3, 0.4) is 0 Å². The largest absolute Gasteiger partial charge is 0.324 e. The van der Waals surface area contributed by atoms with E-state index in [2.05, 4.69) is 0 Å². The van der Waals surface area contributed by atoms with E-state index in [0.717, 1.165) is 6.29 Å². The van der Waals surface area contributed by atoms with Crippen molar-refractivity contribution in [3.8, 4) is 6.07 Å². The van der Waals surface area contributed by atoms with E-state index in [1.54, 1.807) is 18.2 Å². The predicted octanol–water partition coefficient (Wildman–Crippen LogP) is 1.33. The number of Topliss-reactive ketones (excluding diaryl/α,β-unsaturated/α-hetero) is 1. The standard InChI is InChI=1S/C9H8N2O.C2H4O.ClH/c10-5-7-2-1-3-8(4-7)9(12)6-11;1-2-3;/h1-4H,6,11H2;2H,1H3;1H. The molecule has 0 bridgehead atoms. The maximum atomic E-state index is 11.0. The zero-order valence-corrected chi connectivity index (χ0v) is 9.66. The van der Waals surface area contributed by atoms with E-state index in [9.17, 15) is 4.79 Å². The molecule has 0 radical (unpaired) electrons. The van der Waals surface area contributed by atoms with Gasteiger partial charge in [0, 0.05) is 5.56 Å². The average molecular weight is 241 g/mol. The molecule has 0 saturated carbocycles. The van der Waals surface area contributed by atoms with E-state index in [-0.39, 0.29) is 24.7 Å². The van der Waals surface area contributed by atoms with Gasteiger partial charge in [-0.15, -0.1) is 12.4 Å².